The SMILES string of the molecule is O=C1CCC2CCOc3cccc1c32. The first-order valence-corrected chi connectivity index (χ1v) is 5.15. The minimum Gasteiger partial charge on any atom is -0.493 e. The van der Waals surface area contributed by atoms with Crippen LogP contribution in [0.5, 0.6) is 5.75 Å². The lowest BCUT2D eigenvalue weighted by Gasteiger charge is -2.30. The second-order valence-electron chi connectivity index (χ2n) is 4.01. The van der Waals surface area contributed by atoms with Crippen LogP contribution in [-0.4, -0.2) is 12.4 Å². The number of hydrogen-bond donors (Lipinski definition) is 0. The van der Waals surface area contributed by atoms with Crippen molar-refractivity contribution in [3.8, 4) is 5.75 Å². The van der Waals surface area contributed by atoms with E-state index in [0.29, 0.717) is 12.3 Å². The van der Waals surface area contributed by atoms with E-state index in [9.17, 15) is 4.79 Å². The van der Waals surface area contributed by atoms with Crippen LogP contribution in [0.1, 0.15) is 41.1 Å². The molecule has 0 saturated heterocycles. The molecule has 2 nitrogen and oxygen atoms in total. The zero-order valence-corrected chi connectivity index (χ0v) is 7.95. The van der Waals surface area contributed by atoms with Gasteiger partial charge in [-0.3, -0.25) is 4.79 Å². The van der Waals surface area contributed by atoms with E-state index in [-0.39, 0.29) is 5.78 Å². The van der Waals surface area contributed by atoms with E-state index < -0.39 is 0 Å². The summed E-state index contributed by atoms with van der Waals surface area (Å²) in [5.41, 5.74) is 2.08. The third-order valence-electron chi connectivity index (χ3n) is 3.22. The molecular weight excluding hydrogens is 176 g/mol. The molecule has 0 N–H and O–H groups in total. The zero-order valence-electron chi connectivity index (χ0n) is 7.95. The first-order chi connectivity index (χ1) is 6.86. The molecule has 1 aromatic rings. The highest BCUT2D eigenvalue weighted by Crippen LogP contribution is 2.42. The Hall–Kier alpha value is -1.31. The summed E-state index contributed by atoms with van der Waals surface area (Å²) in [7, 11) is 0. The predicted molar refractivity (Wildman–Crippen MR) is 52.9 cm³/mol. The van der Waals surface area contributed by atoms with Gasteiger partial charge in [-0.1, -0.05) is 12.1 Å². The molecule has 2 heteroatoms. The molecule has 72 valence electrons. The van der Waals surface area contributed by atoms with Crippen molar-refractivity contribution in [2.75, 3.05) is 6.61 Å². The minimum absolute atomic E-state index is 0.281. The average molecular weight is 188 g/mol. The molecule has 1 aromatic carbocycles. The molecule has 0 saturated carbocycles. The Morgan fingerprint density at radius 2 is 2.21 bits per heavy atom. The summed E-state index contributed by atoms with van der Waals surface area (Å²) in [5.74, 6) is 1.78. The van der Waals surface area contributed by atoms with Crippen LogP contribution < -0.4 is 4.74 Å². The Kier molecular flexibility index (Phi) is 1.63. The highest BCUT2D eigenvalue weighted by atomic mass is 16.5. The highest BCUT2D eigenvalue weighted by molar-refractivity contribution is 5.99. The largest absolute Gasteiger partial charge is 0.493 e. The first kappa shape index (κ1) is 8.04. The van der Waals surface area contributed by atoms with Gasteiger partial charge in [-0.15, -0.1) is 0 Å². The normalized spacial score (nSPS) is 24.0. The molecule has 3 rings (SSSR count). The van der Waals surface area contributed by atoms with Crippen molar-refractivity contribution in [3.05, 3.63) is 29.3 Å². The van der Waals surface area contributed by atoms with E-state index >= 15 is 0 Å². The number of ether oxygens (including phenoxy) is 1. The fourth-order valence-electron chi connectivity index (χ4n) is 2.52. The second-order valence-corrected chi connectivity index (χ2v) is 4.01. The Balaban J connectivity index is 2.24. The number of Topliss-reactive ketones (excluding diaryl/α,β-unsaturated/α-hetero) is 1. The molecule has 1 aliphatic carbocycles. The molecule has 1 atom stereocenters. The van der Waals surface area contributed by atoms with Gasteiger partial charge in [0.15, 0.2) is 5.78 Å². The minimum atomic E-state index is 0.281. The third kappa shape index (κ3) is 0.999. The Bertz CT molecular complexity index is 395. The van der Waals surface area contributed by atoms with Gasteiger partial charge in [0.2, 0.25) is 0 Å². The molecule has 0 radical (unpaired) electrons. The molecule has 1 aliphatic heterocycles. The quantitative estimate of drug-likeness (QED) is 0.625. The van der Waals surface area contributed by atoms with Gasteiger partial charge in [-0.25, -0.2) is 0 Å². The summed E-state index contributed by atoms with van der Waals surface area (Å²) >= 11 is 0. The van der Waals surface area contributed by atoms with E-state index in [1.165, 1.54) is 5.56 Å². The van der Waals surface area contributed by atoms with Crippen LogP contribution >= 0.6 is 0 Å². The van der Waals surface area contributed by atoms with Crippen molar-refractivity contribution in [2.24, 2.45) is 0 Å². The molecule has 0 bridgehead atoms. The third-order valence-corrected chi connectivity index (χ3v) is 3.22. The van der Waals surface area contributed by atoms with Gasteiger partial charge in [0.05, 0.1) is 6.61 Å². The summed E-state index contributed by atoms with van der Waals surface area (Å²) in [4.78, 5) is 11.7. The lowest BCUT2D eigenvalue weighted by Crippen LogP contribution is -2.22. The van der Waals surface area contributed by atoms with E-state index in [2.05, 4.69) is 0 Å². The number of carbonyl (C=O) groups is 1. The summed E-state index contributed by atoms with van der Waals surface area (Å²) < 4.78 is 5.57. The molecule has 0 aromatic heterocycles. The molecule has 0 amide bonds. The van der Waals surface area contributed by atoms with E-state index in [1.807, 2.05) is 18.2 Å². The van der Waals surface area contributed by atoms with Crippen LogP contribution in [-0.2, 0) is 0 Å². The van der Waals surface area contributed by atoms with Gasteiger partial charge in [0, 0.05) is 17.5 Å². The predicted octanol–water partition coefficient (Wildman–Crippen LogP) is 2.53. The second kappa shape index (κ2) is 2.84. The Morgan fingerprint density at radius 3 is 3.14 bits per heavy atom. The van der Waals surface area contributed by atoms with Crippen molar-refractivity contribution >= 4 is 5.78 Å². The topological polar surface area (TPSA) is 26.3 Å². The van der Waals surface area contributed by atoms with Crippen molar-refractivity contribution in [1.82, 2.24) is 0 Å². The Labute approximate surface area is 82.9 Å². The molecule has 14 heavy (non-hydrogen) atoms. The van der Waals surface area contributed by atoms with Crippen molar-refractivity contribution in [2.45, 2.75) is 25.2 Å². The number of ketones is 1. The fourth-order valence-corrected chi connectivity index (χ4v) is 2.52. The van der Waals surface area contributed by atoms with Crippen molar-refractivity contribution in [3.63, 3.8) is 0 Å². The van der Waals surface area contributed by atoms with Crippen LogP contribution in [0.2, 0.25) is 0 Å². The number of hydrogen-bond acceptors (Lipinski definition) is 2. The maximum absolute atomic E-state index is 11.7. The molecule has 0 spiro atoms. The maximum atomic E-state index is 11.7. The van der Waals surface area contributed by atoms with Crippen LogP contribution in [0, 0.1) is 0 Å². The molecular formula is C12H12O2. The maximum Gasteiger partial charge on any atom is 0.163 e. The van der Waals surface area contributed by atoms with Gasteiger partial charge in [0.1, 0.15) is 5.75 Å². The van der Waals surface area contributed by atoms with Crippen LogP contribution in [0.25, 0.3) is 0 Å². The average Bonchev–Trinajstić information content (AvgIpc) is 2.24. The summed E-state index contributed by atoms with van der Waals surface area (Å²) in [6.07, 6.45) is 2.78. The van der Waals surface area contributed by atoms with Crippen molar-refractivity contribution < 1.29 is 9.53 Å². The van der Waals surface area contributed by atoms with Gasteiger partial charge < -0.3 is 4.74 Å². The standard InChI is InChI=1S/C12H12O2/c13-10-5-4-8-6-7-14-11-3-1-2-9(10)12(8)11/h1-3,8H,4-7H2. The van der Waals surface area contributed by atoms with Gasteiger partial charge in [-0.05, 0) is 24.8 Å². The monoisotopic (exact) mass is 188 g/mol. The van der Waals surface area contributed by atoms with Gasteiger partial charge >= 0.3 is 0 Å². The van der Waals surface area contributed by atoms with E-state index in [0.717, 1.165) is 30.8 Å². The Morgan fingerprint density at radius 1 is 1.29 bits per heavy atom. The molecule has 0 fully saturated rings. The summed E-state index contributed by atoms with van der Waals surface area (Å²) in [6, 6.07) is 5.82. The molecule has 1 unspecified atom stereocenters. The first-order valence-electron chi connectivity index (χ1n) is 5.15. The van der Waals surface area contributed by atoms with Crippen LogP contribution in [0.3, 0.4) is 0 Å². The molecule has 1 heterocycles. The smallest absolute Gasteiger partial charge is 0.163 e. The number of carbonyl (C=O) groups excluding carboxylic acids is 1. The van der Waals surface area contributed by atoms with Gasteiger partial charge in [0.25, 0.3) is 0 Å². The lowest BCUT2D eigenvalue weighted by molar-refractivity contribution is 0.0958. The van der Waals surface area contributed by atoms with Crippen LogP contribution in [0.4, 0.5) is 0 Å². The van der Waals surface area contributed by atoms with E-state index in [1.54, 1.807) is 0 Å². The van der Waals surface area contributed by atoms with Gasteiger partial charge in [-0.2, -0.15) is 0 Å². The van der Waals surface area contributed by atoms with Crippen LogP contribution in [0.15, 0.2) is 18.2 Å². The lowest BCUT2D eigenvalue weighted by atomic mass is 9.79. The summed E-state index contributed by atoms with van der Waals surface area (Å²) in [6.45, 7) is 0.801. The zero-order chi connectivity index (χ0) is 9.54. The number of benzene rings is 1. The highest BCUT2D eigenvalue weighted by Gasteiger charge is 2.30. The fraction of sp³-hybridized carbons (Fsp3) is 0.417. The van der Waals surface area contributed by atoms with E-state index in [4.69, 9.17) is 4.74 Å². The number of rotatable bonds is 0. The molecule has 2 aliphatic rings. The summed E-state index contributed by atoms with van der Waals surface area (Å²) in [5, 5.41) is 0. The van der Waals surface area contributed by atoms with Crippen molar-refractivity contribution in [1.29, 1.82) is 0 Å².